The summed E-state index contributed by atoms with van der Waals surface area (Å²) in [6, 6.07) is 76.4. The lowest BCUT2D eigenvalue weighted by Crippen LogP contribution is -2.03. The SMILES string of the molecule is CCC(c1ccc2c3ccccc3c3ccccc3c2c1)c1ccccc1-c1cc(-c2ccc3c(c2)c2ccccc2n3-c2ccccc2-c2ccccc2)ccc1C. The maximum atomic E-state index is 2.47. The normalized spacial score (nSPS) is 12.2. The highest BCUT2D eigenvalue weighted by Gasteiger charge is 2.21. The predicted octanol–water partition coefficient (Wildman–Crippen LogP) is 16.1. The Hall–Kier alpha value is -7.22. The minimum absolute atomic E-state index is 0.241. The van der Waals surface area contributed by atoms with Crippen LogP contribution in [0, 0.1) is 6.92 Å². The number of hydrogen-bond acceptors (Lipinski definition) is 0. The molecule has 0 aliphatic carbocycles. The Morgan fingerprint density at radius 2 is 0.932 bits per heavy atom. The Morgan fingerprint density at radius 1 is 0.373 bits per heavy atom. The first-order valence-corrected chi connectivity index (χ1v) is 20.9. The molecule has 0 aliphatic rings. The van der Waals surface area contributed by atoms with Crippen LogP contribution in [0.15, 0.2) is 206 Å². The molecule has 1 aromatic heterocycles. The molecule has 0 amide bonds. The summed E-state index contributed by atoms with van der Waals surface area (Å²) in [4.78, 5) is 0. The molecule has 1 atom stereocenters. The molecule has 0 saturated carbocycles. The molecule has 11 aromatic rings. The van der Waals surface area contributed by atoms with E-state index in [2.05, 4.69) is 225 Å². The van der Waals surface area contributed by atoms with E-state index < -0.39 is 0 Å². The summed E-state index contributed by atoms with van der Waals surface area (Å²) in [7, 11) is 0. The van der Waals surface area contributed by atoms with Crippen molar-refractivity contribution < 1.29 is 0 Å². The number of aryl methyl sites for hydroxylation is 1. The fourth-order valence-electron chi connectivity index (χ4n) is 9.86. The summed E-state index contributed by atoms with van der Waals surface area (Å²) in [5.41, 5.74) is 15.1. The molecular weight excluding hydrogens is 711 g/mol. The van der Waals surface area contributed by atoms with Crippen LogP contribution >= 0.6 is 0 Å². The van der Waals surface area contributed by atoms with Gasteiger partial charge in [-0.1, -0.05) is 177 Å². The number of rotatable bonds is 7. The standard InChI is InChI=1S/C58H43N/c1-3-43(42-31-33-51-48-23-9-8-21-46(48)47-22-10-12-25-50(47)54(51)37-42)45-20-7-11-24-49(45)53-35-40(30-29-38(53)2)41-32-34-58-55(36-41)52-26-14-16-28-57(52)59(58)56-27-15-13-19-44(56)39-17-5-4-6-18-39/h4-37,43H,3H2,1-2H3. The van der Waals surface area contributed by atoms with Gasteiger partial charge in [0.15, 0.2) is 0 Å². The van der Waals surface area contributed by atoms with Crippen molar-refractivity contribution in [2.24, 2.45) is 0 Å². The van der Waals surface area contributed by atoms with Gasteiger partial charge in [0.2, 0.25) is 0 Å². The number of benzene rings is 10. The second-order valence-electron chi connectivity index (χ2n) is 15.9. The number of aromatic nitrogens is 1. The molecule has 0 fully saturated rings. The molecule has 59 heavy (non-hydrogen) atoms. The molecule has 1 unspecified atom stereocenters. The highest BCUT2D eigenvalue weighted by Crippen LogP contribution is 2.43. The molecule has 0 saturated heterocycles. The lowest BCUT2D eigenvalue weighted by molar-refractivity contribution is 0.780. The van der Waals surface area contributed by atoms with Gasteiger partial charge in [-0.25, -0.2) is 0 Å². The maximum Gasteiger partial charge on any atom is 0.0541 e. The molecule has 1 nitrogen and oxygen atoms in total. The van der Waals surface area contributed by atoms with Crippen molar-refractivity contribution in [3.05, 3.63) is 223 Å². The first-order chi connectivity index (χ1) is 29.2. The summed E-state index contributed by atoms with van der Waals surface area (Å²) in [6.07, 6.45) is 1.00. The predicted molar refractivity (Wildman–Crippen MR) is 253 cm³/mol. The van der Waals surface area contributed by atoms with Gasteiger partial charge in [0.05, 0.1) is 16.7 Å². The Bertz CT molecular complexity index is 3350. The summed E-state index contributed by atoms with van der Waals surface area (Å²) >= 11 is 0. The van der Waals surface area contributed by atoms with Crippen LogP contribution in [0.2, 0.25) is 0 Å². The van der Waals surface area contributed by atoms with Gasteiger partial charge in [-0.15, -0.1) is 0 Å². The zero-order chi connectivity index (χ0) is 39.5. The van der Waals surface area contributed by atoms with E-state index in [1.54, 1.807) is 0 Å². The molecule has 0 radical (unpaired) electrons. The van der Waals surface area contributed by atoms with Gasteiger partial charge in [-0.2, -0.15) is 0 Å². The first-order valence-electron chi connectivity index (χ1n) is 20.9. The molecule has 11 rings (SSSR count). The largest absolute Gasteiger partial charge is 0.309 e. The van der Waals surface area contributed by atoms with Crippen molar-refractivity contribution in [2.45, 2.75) is 26.2 Å². The Balaban J connectivity index is 1.03. The summed E-state index contributed by atoms with van der Waals surface area (Å²) < 4.78 is 2.44. The van der Waals surface area contributed by atoms with E-state index in [0.717, 1.165) is 6.42 Å². The third kappa shape index (κ3) is 5.76. The van der Waals surface area contributed by atoms with Crippen molar-refractivity contribution in [1.82, 2.24) is 4.57 Å². The molecule has 280 valence electrons. The lowest BCUT2D eigenvalue weighted by atomic mass is 9.82. The highest BCUT2D eigenvalue weighted by molar-refractivity contribution is 6.25. The molecule has 1 heteroatoms. The van der Waals surface area contributed by atoms with Gasteiger partial charge >= 0.3 is 0 Å². The summed E-state index contributed by atoms with van der Waals surface area (Å²) in [6.45, 7) is 4.59. The van der Waals surface area contributed by atoms with Gasteiger partial charge in [0, 0.05) is 22.3 Å². The summed E-state index contributed by atoms with van der Waals surface area (Å²) in [5, 5.41) is 10.4. The van der Waals surface area contributed by atoms with Gasteiger partial charge in [-0.05, 0) is 127 Å². The van der Waals surface area contributed by atoms with E-state index in [1.807, 2.05) is 0 Å². The molecular formula is C58H43N. The van der Waals surface area contributed by atoms with Crippen LogP contribution < -0.4 is 0 Å². The monoisotopic (exact) mass is 753 g/mol. The molecule has 0 bridgehead atoms. The number of hydrogen-bond donors (Lipinski definition) is 0. The van der Waals surface area contributed by atoms with Crippen molar-refractivity contribution in [1.29, 1.82) is 0 Å². The maximum absolute atomic E-state index is 2.47. The van der Waals surface area contributed by atoms with Crippen LogP contribution in [-0.4, -0.2) is 4.57 Å². The van der Waals surface area contributed by atoms with E-state index in [0.29, 0.717) is 0 Å². The van der Waals surface area contributed by atoms with E-state index in [-0.39, 0.29) is 5.92 Å². The molecule has 1 heterocycles. The van der Waals surface area contributed by atoms with Gasteiger partial charge in [-0.3, -0.25) is 0 Å². The van der Waals surface area contributed by atoms with Crippen molar-refractivity contribution in [3.63, 3.8) is 0 Å². The smallest absolute Gasteiger partial charge is 0.0541 e. The highest BCUT2D eigenvalue weighted by atomic mass is 15.0. The lowest BCUT2D eigenvalue weighted by Gasteiger charge is -2.22. The van der Waals surface area contributed by atoms with Gasteiger partial charge in [0.1, 0.15) is 0 Å². The van der Waals surface area contributed by atoms with Crippen LogP contribution in [0.25, 0.3) is 93.2 Å². The van der Waals surface area contributed by atoms with Crippen molar-refractivity contribution >= 4 is 54.1 Å². The zero-order valence-corrected chi connectivity index (χ0v) is 33.4. The van der Waals surface area contributed by atoms with E-state index in [9.17, 15) is 0 Å². The van der Waals surface area contributed by atoms with Crippen LogP contribution in [0.1, 0.15) is 36.0 Å². The fraction of sp³-hybridized carbons (Fsp3) is 0.0690. The topological polar surface area (TPSA) is 4.93 Å². The van der Waals surface area contributed by atoms with Gasteiger partial charge in [0.25, 0.3) is 0 Å². The Kier molecular flexibility index (Phi) is 8.48. The Morgan fingerprint density at radius 3 is 1.68 bits per heavy atom. The van der Waals surface area contributed by atoms with E-state index >= 15 is 0 Å². The van der Waals surface area contributed by atoms with Crippen LogP contribution in [-0.2, 0) is 0 Å². The van der Waals surface area contributed by atoms with Crippen molar-refractivity contribution in [2.75, 3.05) is 0 Å². The second-order valence-corrected chi connectivity index (χ2v) is 15.9. The van der Waals surface area contributed by atoms with Crippen molar-refractivity contribution in [3.8, 4) is 39.1 Å². The average Bonchev–Trinajstić information content (AvgIpc) is 3.63. The summed E-state index contributed by atoms with van der Waals surface area (Å²) in [5.74, 6) is 0.241. The molecule has 0 N–H and O–H groups in total. The first kappa shape index (κ1) is 35.0. The second kappa shape index (κ2) is 14.3. The van der Waals surface area contributed by atoms with E-state index in [1.165, 1.54) is 110 Å². The average molecular weight is 754 g/mol. The Labute approximate surface area is 345 Å². The van der Waals surface area contributed by atoms with Crippen LogP contribution in [0.5, 0.6) is 0 Å². The number of fused-ring (bicyclic) bond motifs is 9. The van der Waals surface area contributed by atoms with E-state index in [4.69, 9.17) is 0 Å². The molecule has 0 aliphatic heterocycles. The van der Waals surface area contributed by atoms with Gasteiger partial charge < -0.3 is 4.57 Å². The molecule has 10 aromatic carbocycles. The zero-order valence-electron chi connectivity index (χ0n) is 33.4. The fourth-order valence-corrected chi connectivity index (χ4v) is 9.86. The minimum atomic E-state index is 0.241. The third-order valence-electron chi connectivity index (χ3n) is 12.7. The molecule has 0 spiro atoms. The number of nitrogens with zero attached hydrogens (tertiary/aromatic N) is 1. The number of para-hydroxylation sites is 2. The third-order valence-corrected chi connectivity index (χ3v) is 12.7. The minimum Gasteiger partial charge on any atom is -0.309 e. The quantitative estimate of drug-likeness (QED) is 0.143. The van der Waals surface area contributed by atoms with Crippen LogP contribution in [0.4, 0.5) is 0 Å². The van der Waals surface area contributed by atoms with Crippen LogP contribution in [0.3, 0.4) is 0 Å².